The minimum Gasteiger partial charge on any atom is -0.368 e. The minimum absolute atomic E-state index is 0.151. The third kappa shape index (κ3) is 5.44. The largest absolute Gasteiger partial charge is 0.368 e. The van der Waals surface area contributed by atoms with Crippen LogP contribution in [0.3, 0.4) is 0 Å². The van der Waals surface area contributed by atoms with Crippen molar-refractivity contribution in [2.24, 2.45) is 5.73 Å². The van der Waals surface area contributed by atoms with E-state index in [1.165, 1.54) is 0 Å². The number of nitrogens with one attached hydrogen (secondary N) is 2. The highest BCUT2D eigenvalue weighted by Gasteiger charge is 2.20. The molecular weight excluding hydrogens is 390 g/mol. The van der Waals surface area contributed by atoms with E-state index in [1.807, 2.05) is 30.2 Å². The van der Waals surface area contributed by atoms with Crippen molar-refractivity contribution in [1.29, 1.82) is 0 Å². The minimum atomic E-state index is 0.151. The first-order valence-electron chi connectivity index (χ1n) is 11.2. The first-order chi connectivity index (χ1) is 15.0. The fourth-order valence-corrected chi connectivity index (χ4v) is 4.27. The second kappa shape index (κ2) is 9.51. The molecule has 1 aliphatic heterocycles. The van der Waals surface area contributed by atoms with Gasteiger partial charge in [0.25, 0.3) is 0 Å². The highest BCUT2D eigenvalue weighted by molar-refractivity contribution is 5.73. The molecule has 2 aliphatic rings. The molecular formula is C23H33N7O. The van der Waals surface area contributed by atoms with E-state index in [-0.39, 0.29) is 5.91 Å². The third-order valence-electron chi connectivity index (χ3n) is 6.30. The monoisotopic (exact) mass is 423 g/mol. The number of carbonyl (C=O) groups is 1. The summed E-state index contributed by atoms with van der Waals surface area (Å²) in [6.45, 7) is 6.92. The van der Waals surface area contributed by atoms with Gasteiger partial charge in [0.15, 0.2) is 0 Å². The molecule has 4 N–H and O–H groups in total. The smallest absolute Gasteiger partial charge is 0.229 e. The summed E-state index contributed by atoms with van der Waals surface area (Å²) >= 11 is 0. The Bertz CT molecular complexity index is 885. The van der Waals surface area contributed by atoms with Gasteiger partial charge in [0, 0.05) is 68.3 Å². The molecule has 2 aromatic rings. The van der Waals surface area contributed by atoms with Crippen LogP contribution in [0, 0.1) is 6.92 Å². The van der Waals surface area contributed by atoms with E-state index in [4.69, 9.17) is 10.7 Å². The van der Waals surface area contributed by atoms with Gasteiger partial charge in [0.2, 0.25) is 11.9 Å². The van der Waals surface area contributed by atoms with Gasteiger partial charge in [-0.15, -0.1) is 0 Å². The number of rotatable bonds is 5. The van der Waals surface area contributed by atoms with Crippen LogP contribution in [-0.2, 0) is 4.79 Å². The van der Waals surface area contributed by atoms with E-state index >= 15 is 0 Å². The highest BCUT2D eigenvalue weighted by Crippen LogP contribution is 2.24. The normalized spacial score (nSPS) is 21.6. The van der Waals surface area contributed by atoms with Crippen LogP contribution in [0.15, 0.2) is 30.5 Å². The fourth-order valence-electron chi connectivity index (χ4n) is 4.27. The van der Waals surface area contributed by atoms with Gasteiger partial charge in [-0.05, 0) is 56.9 Å². The summed E-state index contributed by atoms with van der Waals surface area (Å²) in [5, 5.41) is 6.89. The van der Waals surface area contributed by atoms with Crippen molar-refractivity contribution < 1.29 is 4.79 Å². The molecule has 166 valence electrons. The molecule has 1 amide bonds. The second-order valence-electron chi connectivity index (χ2n) is 8.65. The lowest BCUT2D eigenvalue weighted by Crippen LogP contribution is -2.48. The summed E-state index contributed by atoms with van der Waals surface area (Å²) in [5.74, 6) is 1.62. The number of hydrogen-bond acceptors (Lipinski definition) is 7. The van der Waals surface area contributed by atoms with Crippen molar-refractivity contribution in [1.82, 2.24) is 14.9 Å². The van der Waals surface area contributed by atoms with Gasteiger partial charge in [-0.2, -0.15) is 4.98 Å². The van der Waals surface area contributed by atoms with Crippen molar-refractivity contribution in [3.05, 3.63) is 36.0 Å². The van der Waals surface area contributed by atoms with Gasteiger partial charge >= 0.3 is 0 Å². The molecule has 2 fully saturated rings. The molecule has 0 atom stereocenters. The van der Waals surface area contributed by atoms with E-state index in [0.29, 0.717) is 18.0 Å². The maximum absolute atomic E-state index is 11.5. The molecule has 8 heteroatoms. The van der Waals surface area contributed by atoms with Crippen LogP contribution in [0.2, 0.25) is 0 Å². The highest BCUT2D eigenvalue weighted by atomic mass is 16.2. The summed E-state index contributed by atoms with van der Waals surface area (Å²) in [6, 6.07) is 9.05. The number of carbonyl (C=O) groups excluding carboxylic acids is 1. The van der Waals surface area contributed by atoms with E-state index in [2.05, 4.69) is 32.7 Å². The lowest BCUT2D eigenvalue weighted by Gasteiger charge is -2.35. The summed E-state index contributed by atoms with van der Waals surface area (Å²) in [4.78, 5) is 24.9. The molecule has 0 bridgehead atoms. The second-order valence-corrected chi connectivity index (χ2v) is 8.65. The van der Waals surface area contributed by atoms with Gasteiger partial charge in [-0.25, -0.2) is 4.98 Å². The molecule has 0 unspecified atom stereocenters. The Balaban J connectivity index is 1.36. The van der Waals surface area contributed by atoms with Gasteiger partial charge in [-0.1, -0.05) is 0 Å². The Morgan fingerprint density at radius 2 is 1.74 bits per heavy atom. The van der Waals surface area contributed by atoms with Crippen LogP contribution >= 0.6 is 0 Å². The predicted octanol–water partition coefficient (Wildman–Crippen LogP) is 2.88. The van der Waals surface area contributed by atoms with Crippen molar-refractivity contribution in [2.45, 2.75) is 51.6 Å². The number of piperazine rings is 1. The van der Waals surface area contributed by atoms with Gasteiger partial charge < -0.3 is 26.2 Å². The van der Waals surface area contributed by atoms with E-state index in [9.17, 15) is 4.79 Å². The third-order valence-corrected chi connectivity index (χ3v) is 6.30. The number of aryl methyl sites for hydroxylation is 1. The van der Waals surface area contributed by atoms with Gasteiger partial charge in [0.05, 0.1) is 0 Å². The molecule has 1 aromatic heterocycles. The summed E-state index contributed by atoms with van der Waals surface area (Å²) in [6.07, 6.45) is 6.13. The summed E-state index contributed by atoms with van der Waals surface area (Å²) in [5.41, 5.74) is 9.18. The standard InChI is InChI=1S/C23H33N7O/c1-16-15-25-23(28-22(16)26-19-5-3-18(24)4-6-19)27-20-7-9-21(10-8-20)30-13-11-29(12-14-30)17(2)31/h7-10,15,18-19H,3-6,11-14,24H2,1-2H3,(H2,25,26,27,28). The number of hydrogen-bond donors (Lipinski definition) is 3. The van der Waals surface area contributed by atoms with E-state index < -0.39 is 0 Å². The molecule has 31 heavy (non-hydrogen) atoms. The molecule has 0 spiro atoms. The summed E-state index contributed by atoms with van der Waals surface area (Å²) < 4.78 is 0. The fraction of sp³-hybridized carbons (Fsp3) is 0.522. The molecule has 8 nitrogen and oxygen atoms in total. The maximum Gasteiger partial charge on any atom is 0.229 e. The van der Waals surface area contributed by atoms with E-state index in [0.717, 1.165) is 74.6 Å². The Hall–Kier alpha value is -2.87. The maximum atomic E-state index is 11.5. The van der Waals surface area contributed by atoms with Gasteiger partial charge in [-0.3, -0.25) is 4.79 Å². The summed E-state index contributed by atoms with van der Waals surface area (Å²) in [7, 11) is 0. The lowest BCUT2D eigenvalue weighted by atomic mass is 9.92. The molecule has 1 saturated carbocycles. The molecule has 0 radical (unpaired) electrons. The average molecular weight is 424 g/mol. The van der Waals surface area contributed by atoms with Crippen LogP contribution in [0.1, 0.15) is 38.2 Å². The average Bonchev–Trinajstić information content (AvgIpc) is 2.78. The van der Waals surface area contributed by atoms with Crippen LogP contribution in [0.25, 0.3) is 0 Å². The van der Waals surface area contributed by atoms with Crippen molar-refractivity contribution in [3.63, 3.8) is 0 Å². The number of benzene rings is 1. The van der Waals surface area contributed by atoms with Gasteiger partial charge in [0.1, 0.15) is 5.82 Å². The van der Waals surface area contributed by atoms with Crippen LogP contribution in [-0.4, -0.2) is 59.0 Å². The Morgan fingerprint density at radius 3 is 2.39 bits per heavy atom. The van der Waals surface area contributed by atoms with Crippen molar-refractivity contribution in [2.75, 3.05) is 41.7 Å². The molecule has 1 saturated heterocycles. The topological polar surface area (TPSA) is 99.4 Å². The van der Waals surface area contributed by atoms with E-state index in [1.54, 1.807) is 6.92 Å². The molecule has 1 aromatic carbocycles. The number of nitrogens with zero attached hydrogens (tertiary/aromatic N) is 4. The quantitative estimate of drug-likeness (QED) is 0.680. The SMILES string of the molecule is CC(=O)N1CCN(c2ccc(Nc3ncc(C)c(NC4CCC(N)CC4)n3)cc2)CC1. The molecule has 2 heterocycles. The van der Waals surface area contributed by atoms with Crippen LogP contribution < -0.4 is 21.3 Å². The number of amides is 1. The molecule has 1 aliphatic carbocycles. The first kappa shape index (κ1) is 21.4. The Labute approximate surface area is 184 Å². The number of anilines is 4. The number of nitrogens with two attached hydrogens (primary N) is 1. The Morgan fingerprint density at radius 1 is 1.06 bits per heavy atom. The molecule has 4 rings (SSSR count). The number of aromatic nitrogens is 2. The predicted molar refractivity (Wildman–Crippen MR) is 125 cm³/mol. The zero-order valence-electron chi connectivity index (χ0n) is 18.5. The first-order valence-corrected chi connectivity index (χ1v) is 11.2. The van der Waals surface area contributed by atoms with Crippen molar-refractivity contribution in [3.8, 4) is 0 Å². The Kier molecular flexibility index (Phi) is 6.56. The van der Waals surface area contributed by atoms with Crippen LogP contribution in [0.4, 0.5) is 23.1 Å². The zero-order chi connectivity index (χ0) is 21.8. The lowest BCUT2D eigenvalue weighted by molar-refractivity contribution is -0.129. The zero-order valence-corrected chi connectivity index (χ0v) is 18.5. The van der Waals surface area contributed by atoms with Crippen LogP contribution in [0.5, 0.6) is 0 Å². The van der Waals surface area contributed by atoms with Crippen molar-refractivity contribution >= 4 is 29.0 Å².